The van der Waals surface area contributed by atoms with E-state index in [1.54, 1.807) is 24.3 Å². The number of hydrogen-bond donors (Lipinski definition) is 1. The molecule has 4 rings (SSSR count). The molecule has 5 heteroatoms. The fraction of sp³-hybridized carbons (Fsp3) is 0.0909. The van der Waals surface area contributed by atoms with Gasteiger partial charge in [-0.05, 0) is 42.0 Å². The number of ketones is 1. The van der Waals surface area contributed by atoms with Gasteiger partial charge in [-0.15, -0.1) is 0 Å². The number of rotatable bonds is 5. The summed E-state index contributed by atoms with van der Waals surface area (Å²) in [5.41, 5.74) is 10.2. The summed E-state index contributed by atoms with van der Waals surface area (Å²) < 4.78 is 3.91. The lowest BCUT2D eigenvalue weighted by molar-refractivity contribution is -0.648. The van der Waals surface area contributed by atoms with Gasteiger partial charge in [0.1, 0.15) is 17.6 Å². The number of fused-ring (bicyclic) bond motifs is 1. The molecule has 0 spiro atoms. The fourth-order valence-corrected chi connectivity index (χ4v) is 3.41. The van der Waals surface area contributed by atoms with E-state index in [2.05, 4.69) is 12.1 Å². The van der Waals surface area contributed by atoms with Gasteiger partial charge in [-0.2, -0.15) is 0 Å². The molecular formula is C22H19ClN3O+. The Morgan fingerprint density at radius 2 is 1.59 bits per heavy atom. The number of nitrogens with zero attached hydrogens (tertiary/aromatic N) is 2. The summed E-state index contributed by atoms with van der Waals surface area (Å²) in [5.74, 6) is 0.549. The Hall–Kier alpha value is -3.11. The van der Waals surface area contributed by atoms with Gasteiger partial charge in [0, 0.05) is 10.6 Å². The van der Waals surface area contributed by atoms with Crippen LogP contribution in [0.4, 0.5) is 5.95 Å². The second-order valence-corrected chi connectivity index (χ2v) is 6.87. The molecule has 134 valence electrons. The molecule has 0 aliphatic heterocycles. The maximum atomic E-state index is 12.8. The van der Waals surface area contributed by atoms with E-state index in [1.807, 2.05) is 51.6 Å². The molecule has 0 atom stereocenters. The minimum Gasteiger partial charge on any atom is -0.291 e. The zero-order valence-corrected chi connectivity index (χ0v) is 15.4. The second kappa shape index (κ2) is 7.25. The lowest BCUT2D eigenvalue weighted by Crippen LogP contribution is -2.37. The lowest BCUT2D eigenvalue weighted by Gasteiger charge is -2.03. The van der Waals surface area contributed by atoms with E-state index >= 15 is 0 Å². The Bertz CT molecular complexity index is 1100. The summed E-state index contributed by atoms with van der Waals surface area (Å²) in [6, 6.07) is 25.0. The molecule has 1 heterocycles. The summed E-state index contributed by atoms with van der Waals surface area (Å²) in [6.07, 6.45) is 0. The highest BCUT2D eigenvalue weighted by Crippen LogP contribution is 2.18. The summed E-state index contributed by atoms with van der Waals surface area (Å²) in [4.78, 5) is 12.8. The van der Waals surface area contributed by atoms with Crippen molar-refractivity contribution in [3.8, 4) is 0 Å². The first-order valence-corrected chi connectivity index (χ1v) is 9.10. The summed E-state index contributed by atoms with van der Waals surface area (Å²) in [7, 11) is 0. The molecule has 3 aromatic carbocycles. The smallest absolute Gasteiger partial charge is 0.291 e. The number of imidazole rings is 1. The average Bonchev–Trinajstić information content (AvgIpc) is 2.95. The highest BCUT2D eigenvalue weighted by molar-refractivity contribution is 6.30. The molecule has 4 nitrogen and oxygen atoms in total. The van der Waals surface area contributed by atoms with Crippen molar-refractivity contribution >= 4 is 34.4 Å². The summed E-state index contributed by atoms with van der Waals surface area (Å²) in [5, 5.41) is 0.609. The van der Waals surface area contributed by atoms with Crippen molar-refractivity contribution in [1.82, 2.24) is 4.57 Å². The van der Waals surface area contributed by atoms with E-state index in [-0.39, 0.29) is 12.3 Å². The molecule has 0 unspecified atom stereocenters. The summed E-state index contributed by atoms with van der Waals surface area (Å²) >= 11 is 5.92. The molecule has 0 aliphatic rings. The monoisotopic (exact) mass is 376 g/mol. The molecule has 27 heavy (non-hydrogen) atoms. The van der Waals surface area contributed by atoms with Crippen molar-refractivity contribution in [3.63, 3.8) is 0 Å². The third-order valence-corrected chi connectivity index (χ3v) is 4.92. The van der Waals surface area contributed by atoms with Gasteiger partial charge in [-0.25, -0.2) is 9.13 Å². The molecule has 1 aromatic heterocycles. The van der Waals surface area contributed by atoms with Gasteiger partial charge in [0.2, 0.25) is 0 Å². The molecule has 0 saturated carbocycles. The van der Waals surface area contributed by atoms with Crippen LogP contribution in [0.2, 0.25) is 5.02 Å². The Balaban J connectivity index is 1.73. The number of benzene rings is 3. The molecule has 0 amide bonds. The molecule has 0 fully saturated rings. The number of carbonyl (C=O) groups excluding carboxylic acids is 1. The van der Waals surface area contributed by atoms with Crippen molar-refractivity contribution < 1.29 is 9.36 Å². The normalized spacial score (nSPS) is 11.0. The van der Waals surface area contributed by atoms with Crippen LogP contribution in [0.3, 0.4) is 0 Å². The van der Waals surface area contributed by atoms with Crippen molar-refractivity contribution in [2.24, 2.45) is 0 Å². The number of halogens is 1. The van der Waals surface area contributed by atoms with Crippen LogP contribution in [0.25, 0.3) is 11.0 Å². The number of nitrogen functional groups attached to an aromatic ring is 1. The van der Waals surface area contributed by atoms with E-state index in [0.29, 0.717) is 23.1 Å². The maximum absolute atomic E-state index is 12.8. The quantitative estimate of drug-likeness (QED) is 0.421. The molecule has 0 bridgehead atoms. The Morgan fingerprint density at radius 3 is 2.33 bits per heavy atom. The molecule has 0 radical (unpaired) electrons. The van der Waals surface area contributed by atoms with Gasteiger partial charge < -0.3 is 0 Å². The SMILES string of the molecule is Nc1n(CC(=O)c2ccc(Cl)cc2)c2ccccc2[n+]1Cc1ccccc1. The third-order valence-electron chi connectivity index (χ3n) is 4.67. The first kappa shape index (κ1) is 17.3. The topological polar surface area (TPSA) is 51.9 Å². The van der Waals surface area contributed by atoms with Gasteiger partial charge in [0.05, 0.1) is 6.54 Å². The van der Waals surface area contributed by atoms with Crippen LogP contribution >= 0.6 is 11.6 Å². The fourth-order valence-electron chi connectivity index (χ4n) is 3.28. The molecule has 2 N–H and O–H groups in total. The zero-order chi connectivity index (χ0) is 18.8. The van der Waals surface area contributed by atoms with Gasteiger partial charge in [-0.1, -0.05) is 54.1 Å². The third kappa shape index (κ3) is 3.44. The number of hydrogen-bond acceptors (Lipinski definition) is 2. The van der Waals surface area contributed by atoms with Gasteiger partial charge >= 0.3 is 5.95 Å². The number of nitrogens with two attached hydrogens (primary N) is 1. The van der Waals surface area contributed by atoms with Crippen molar-refractivity contribution in [3.05, 3.63) is 95.0 Å². The molecular weight excluding hydrogens is 358 g/mol. The molecule has 0 saturated heterocycles. The van der Waals surface area contributed by atoms with Crippen LogP contribution in [-0.4, -0.2) is 10.4 Å². The predicted molar refractivity (Wildman–Crippen MR) is 108 cm³/mol. The van der Waals surface area contributed by atoms with Crippen molar-refractivity contribution in [2.45, 2.75) is 13.1 Å². The number of Topliss-reactive ketones (excluding diaryl/α,β-unsaturated/α-hetero) is 1. The number of aromatic nitrogens is 2. The van der Waals surface area contributed by atoms with Crippen molar-refractivity contribution in [2.75, 3.05) is 5.73 Å². The average molecular weight is 377 g/mol. The molecule has 0 aliphatic carbocycles. The standard InChI is InChI=1S/C22H18ClN3O/c23-18-12-10-17(11-13-18)21(27)15-26-20-9-5-4-8-19(20)25(22(26)24)14-16-6-2-1-3-7-16/h1-13,24H,14-15H2/p+1. The van der Waals surface area contributed by atoms with Crippen LogP contribution in [0.5, 0.6) is 0 Å². The van der Waals surface area contributed by atoms with Crippen LogP contribution in [0.15, 0.2) is 78.9 Å². The van der Waals surface area contributed by atoms with Gasteiger partial charge in [-0.3, -0.25) is 10.5 Å². The first-order chi connectivity index (χ1) is 13.1. The largest absolute Gasteiger partial charge is 0.356 e. The number of anilines is 1. The van der Waals surface area contributed by atoms with E-state index in [0.717, 1.165) is 16.6 Å². The summed E-state index contributed by atoms with van der Waals surface area (Å²) in [6.45, 7) is 0.824. The van der Waals surface area contributed by atoms with Crippen LogP contribution in [0.1, 0.15) is 15.9 Å². The zero-order valence-electron chi connectivity index (χ0n) is 14.7. The predicted octanol–water partition coefficient (Wildman–Crippen LogP) is 4.10. The second-order valence-electron chi connectivity index (χ2n) is 6.43. The first-order valence-electron chi connectivity index (χ1n) is 8.73. The van der Waals surface area contributed by atoms with E-state index in [4.69, 9.17) is 17.3 Å². The number of para-hydroxylation sites is 2. The van der Waals surface area contributed by atoms with E-state index in [1.165, 1.54) is 0 Å². The van der Waals surface area contributed by atoms with Gasteiger partial charge in [0.15, 0.2) is 5.78 Å². The van der Waals surface area contributed by atoms with E-state index < -0.39 is 0 Å². The van der Waals surface area contributed by atoms with Gasteiger partial charge in [0.25, 0.3) is 0 Å². The van der Waals surface area contributed by atoms with Crippen LogP contribution < -0.4 is 10.3 Å². The van der Waals surface area contributed by atoms with Crippen molar-refractivity contribution in [1.29, 1.82) is 0 Å². The maximum Gasteiger partial charge on any atom is 0.356 e. The Morgan fingerprint density at radius 1 is 0.926 bits per heavy atom. The minimum absolute atomic E-state index is 0.00835. The Labute approximate surface area is 162 Å². The lowest BCUT2D eigenvalue weighted by atomic mass is 10.1. The minimum atomic E-state index is -0.00835. The Kier molecular flexibility index (Phi) is 4.65. The highest BCUT2D eigenvalue weighted by atomic mass is 35.5. The number of carbonyl (C=O) groups is 1. The van der Waals surface area contributed by atoms with Crippen LogP contribution in [-0.2, 0) is 13.1 Å². The molecule has 4 aromatic rings. The highest BCUT2D eigenvalue weighted by Gasteiger charge is 2.23. The van der Waals surface area contributed by atoms with E-state index in [9.17, 15) is 4.79 Å². The van der Waals surface area contributed by atoms with Crippen LogP contribution in [0, 0.1) is 0 Å².